The third-order valence-electron chi connectivity index (χ3n) is 3.02. The molecule has 1 unspecified atom stereocenters. The third kappa shape index (κ3) is 2.56. The Kier molecular flexibility index (Phi) is 3.84. The molecular formula is C12H16BrNO2. The molecule has 1 aromatic rings. The van der Waals surface area contributed by atoms with Crippen molar-refractivity contribution in [2.45, 2.75) is 19.0 Å². The number of aromatic hydroxyl groups is 1. The highest BCUT2D eigenvalue weighted by atomic mass is 79.9. The van der Waals surface area contributed by atoms with Crippen molar-refractivity contribution in [2.75, 3.05) is 20.3 Å². The largest absolute Gasteiger partial charge is 0.506 e. The zero-order valence-corrected chi connectivity index (χ0v) is 10.9. The molecule has 1 aliphatic heterocycles. The Bertz CT molecular complexity index is 364. The lowest BCUT2D eigenvalue weighted by Crippen LogP contribution is -2.31. The topological polar surface area (TPSA) is 32.7 Å². The number of rotatable bonds is 3. The van der Waals surface area contributed by atoms with E-state index in [4.69, 9.17) is 4.74 Å². The number of phenols is 1. The summed E-state index contributed by atoms with van der Waals surface area (Å²) in [5.41, 5.74) is 0.948. The molecule has 1 heterocycles. The molecule has 1 aliphatic rings. The number of hydrogen-bond donors (Lipinski definition) is 1. The molecule has 0 radical (unpaired) electrons. The van der Waals surface area contributed by atoms with Gasteiger partial charge in [0.15, 0.2) is 0 Å². The number of halogens is 1. The second kappa shape index (κ2) is 5.17. The number of likely N-dealkylation sites (N-methyl/N-ethyl adjacent to an activating group) is 1. The van der Waals surface area contributed by atoms with E-state index < -0.39 is 0 Å². The summed E-state index contributed by atoms with van der Waals surface area (Å²) in [4.78, 5) is 2.23. The maximum absolute atomic E-state index is 9.88. The normalized spacial score (nSPS) is 20.6. The van der Waals surface area contributed by atoms with Gasteiger partial charge in [-0.25, -0.2) is 0 Å². The minimum atomic E-state index is 0.341. The van der Waals surface area contributed by atoms with Crippen molar-refractivity contribution in [1.82, 2.24) is 4.90 Å². The van der Waals surface area contributed by atoms with Crippen LogP contribution in [-0.2, 0) is 11.3 Å². The molecule has 4 heteroatoms. The highest BCUT2D eigenvalue weighted by Gasteiger charge is 2.21. The van der Waals surface area contributed by atoms with Crippen LogP contribution in [0.3, 0.4) is 0 Å². The van der Waals surface area contributed by atoms with Crippen molar-refractivity contribution in [3.8, 4) is 5.75 Å². The van der Waals surface area contributed by atoms with Crippen molar-refractivity contribution in [3.05, 3.63) is 28.2 Å². The predicted octanol–water partition coefficient (Wildman–Crippen LogP) is 2.38. The van der Waals surface area contributed by atoms with E-state index in [0.29, 0.717) is 11.8 Å². The molecule has 0 spiro atoms. The molecule has 16 heavy (non-hydrogen) atoms. The van der Waals surface area contributed by atoms with Crippen LogP contribution in [0.1, 0.15) is 12.0 Å². The molecule has 2 rings (SSSR count). The van der Waals surface area contributed by atoms with Crippen molar-refractivity contribution in [2.24, 2.45) is 0 Å². The molecule has 1 atom stereocenters. The Morgan fingerprint density at radius 1 is 1.56 bits per heavy atom. The van der Waals surface area contributed by atoms with Gasteiger partial charge in [-0.3, -0.25) is 4.90 Å². The molecule has 0 aromatic heterocycles. The second-order valence-electron chi connectivity index (χ2n) is 4.18. The quantitative estimate of drug-likeness (QED) is 0.926. The molecule has 0 bridgehead atoms. The lowest BCUT2D eigenvalue weighted by Gasteiger charge is -2.23. The Morgan fingerprint density at radius 2 is 2.38 bits per heavy atom. The van der Waals surface area contributed by atoms with Gasteiger partial charge in [0, 0.05) is 24.8 Å². The molecule has 3 nitrogen and oxygen atoms in total. The van der Waals surface area contributed by atoms with Crippen molar-refractivity contribution >= 4 is 15.9 Å². The van der Waals surface area contributed by atoms with Gasteiger partial charge in [0.05, 0.1) is 11.1 Å². The first-order valence-electron chi connectivity index (χ1n) is 5.43. The molecule has 1 aromatic carbocycles. The first-order valence-corrected chi connectivity index (χ1v) is 6.22. The van der Waals surface area contributed by atoms with E-state index in [1.54, 1.807) is 0 Å². The van der Waals surface area contributed by atoms with Gasteiger partial charge < -0.3 is 9.84 Å². The van der Waals surface area contributed by atoms with Gasteiger partial charge in [0.1, 0.15) is 5.75 Å². The van der Waals surface area contributed by atoms with Crippen LogP contribution in [0.15, 0.2) is 22.7 Å². The van der Waals surface area contributed by atoms with Crippen LogP contribution in [0.4, 0.5) is 0 Å². The molecule has 0 amide bonds. The fourth-order valence-corrected chi connectivity index (χ4v) is 2.36. The van der Waals surface area contributed by atoms with E-state index in [1.165, 1.54) is 0 Å². The number of ether oxygens (including phenoxy) is 1. The maximum Gasteiger partial charge on any atom is 0.134 e. The lowest BCUT2D eigenvalue weighted by atomic mass is 10.1. The predicted molar refractivity (Wildman–Crippen MR) is 66.5 cm³/mol. The third-order valence-corrected chi connectivity index (χ3v) is 3.66. The van der Waals surface area contributed by atoms with E-state index in [9.17, 15) is 5.11 Å². The van der Waals surface area contributed by atoms with Crippen LogP contribution >= 0.6 is 15.9 Å². The SMILES string of the molecule is CN(Cc1cccc(Br)c1O)C1CCOC1. The monoisotopic (exact) mass is 285 g/mol. The smallest absolute Gasteiger partial charge is 0.134 e. The summed E-state index contributed by atoms with van der Waals surface area (Å²) in [6.45, 7) is 2.39. The second-order valence-corrected chi connectivity index (χ2v) is 5.03. The molecular weight excluding hydrogens is 270 g/mol. The summed E-state index contributed by atoms with van der Waals surface area (Å²) in [6, 6.07) is 6.21. The van der Waals surface area contributed by atoms with Crippen LogP contribution < -0.4 is 0 Å². The average Bonchev–Trinajstić information content (AvgIpc) is 2.78. The summed E-state index contributed by atoms with van der Waals surface area (Å²) in [6.07, 6.45) is 1.07. The fourth-order valence-electron chi connectivity index (χ4n) is 1.96. The first-order chi connectivity index (χ1) is 7.68. The van der Waals surface area contributed by atoms with Gasteiger partial charge in [-0.2, -0.15) is 0 Å². The van der Waals surface area contributed by atoms with Crippen molar-refractivity contribution in [3.63, 3.8) is 0 Å². The van der Waals surface area contributed by atoms with Gasteiger partial charge >= 0.3 is 0 Å². The van der Waals surface area contributed by atoms with Gasteiger partial charge in [-0.05, 0) is 35.5 Å². The highest BCUT2D eigenvalue weighted by Crippen LogP contribution is 2.28. The van der Waals surface area contributed by atoms with E-state index in [0.717, 1.165) is 36.2 Å². The van der Waals surface area contributed by atoms with Crippen LogP contribution in [0, 0.1) is 0 Å². The van der Waals surface area contributed by atoms with E-state index in [2.05, 4.69) is 27.9 Å². The van der Waals surface area contributed by atoms with E-state index >= 15 is 0 Å². The zero-order chi connectivity index (χ0) is 11.5. The van der Waals surface area contributed by atoms with Crippen molar-refractivity contribution in [1.29, 1.82) is 0 Å². The van der Waals surface area contributed by atoms with E-state index in [-0.39, 0.29) is 0 Å². The summed E-state index contributed by atoms with van der Waals surface area (Å²) in [5.74, 6) is 0.341. The van der Waals surface area contributed by atoms with Crippen LogP contribution in [-0.4, -0.2) is 36.3 Å². The fraction of sp³-hybridized carbons (Fsp3) is 0.500. The number of phenolic OH excluding ortho intramolecular Hbond substituents is 1. The number of benzene rings is 1. The Labute approximate surface area is 104 Å². The van der Waals surface area contributed by atoms with Crippen LogP contribution in [0.25, 0.3) is 0 Å². The average molecular weight is 286 g/mol. The van der Waals surface area contributed by atoms with Gasteiger partial charge in [-0.1, -0.05) is 12.1 Å². The molecule has 1 N–H and O–H groups in total. The molecule has 1 fully saturated rings. The summed E-state index contributed by atoms with van der Waals surface area (Å²) >= 11 is 3.33. The minimum Gasteiger partial charge on any atom is -0.506 e. The number of hydrogen-bond acceptors (Lipinski definition) is 3. The first kappa shape index (κ1) is 11.9. The molecule has 0 aliphatic carbocycles. The van der Waals surface area contributed by atoms with Gasteiger partial charge in [0.2, 0.25) is 0 Å². The minimum absolute atomic E-state index is 0.341. The molecule has 88 valence electrons. The van der Waals surface area contributed by atoms with Gasteiger partial charge in [-0.15, -0.1) is 0 Å². The Hall–Kier alpha value is -0.580. The standard InChI is InChI=1S/C12H16BrNO2/c1-14(10-5-6-16-8-10)7-9-3-2-4-11(13)12(9)15/h2-4,10,15H,5-8H2,1H3. The summed E-state index contributed by atoms with van der Waals surface area (Å²) in [7, 11) is 2.07. The number of nitrogens with zero attached hydrogens (tertiary/aromatic N) is 1. The van der Waals surface area contributed by atoms with Crippen LogP contribution in [0.5, 0.6) is 5.75 Å². The summed E-state index contributed by atoms with van der Waals surface area (Å²) in [5, 5.41) is 9.88. The highest BCUT2D eigenvalue weighted by molar-refractivity contribution is 9.10. The zero-order valence-electron chi connectivity index (χ0n) is 9.32. The molecule has 0 saturated carbocycles. The summed E-state index contributed by atoms with van der Waals surface area (Å²) < 4.78 is 6.11. The Morgan fingerprint density at radius 3 is 3.06 bits per heavy atom. The lowest BCUT2D eigenvalue weighted by molar-refractivity contribution is 0.156. The van der Waals surface area contributed by atoms with E-state index in [1.807, 2.05) is 18.2 Å². The molecule has 1 saturated heterocycles. The Balaban J connectivity index is 2.05. The van der Waals surface area contributed by atoms with Crippen LogP contribution in [0.2, 0.25) is 0 Å². The number of para-hydroxylation sites is 1. The van der Waals surface area contributed by atoms with Crippen molar-refractivity contribution < 1.29 is 9.84 Å². The van der Waals surface area contributed by atoms with Gasteiger partial charge in [0.25, 0.3) is 0 Å². The maximum atomic E-state index is 9.88.